The fourth-order valence-electron chi connectivity index (χ4n) is 2.56. The van der Waals surface area contributed by atoms with Crippen LogP contribution in [-0.2, 0) is 4.79 Å². The Morgan fingerprint density at radius 2 is 1.76 bits per heavy atom. The van der Waals surface area contributed by atoms with Crippen molar-refractivity contribution in [3.8, 4) is 0 Å². The number of nitrogens with zero attached hydrogens (tertiary/aromatic N) is 1. The molecule has 2 aromatic carbocycles. The van der Waals surface area contributed by atoms with Crippen LogP contribution < -0.4 is 4.90 Å². The van der Waals surface area contributed by atoms with Crippen molar-refractivity contribution in [3.63, 3.8) is 0 Å². The number of hydrogen-bond donors (Lipinski definition) is 0. The number of carbonyl (C=O) groups excluding carboxylic acids is 1. The summed E-state index contributed by atoms with van der Waals surface area (Å²) in [5.41, 5.74) is 1.92. The highest BCUT2D eigenvalue weighted by molar-refractivity contribution is 8.01. The summed E-state index contributed by atoms with van der Waals surface area (Å²) in [7, 11) is 0. The lowest BCUT2D eigenvalue weighted by atomic mass is 10.1. The van der Waals surface area contributed by atoms with E-state index in [1.807, 2.05) is 66.4 Å². The summed E-state index contributed by atoms with van der Waals surface area (Å²) in [6.45, 7) is 2.05. The van der Waals surface area contributed by atoms with Gasteiger partial charge in [-0.2, -0.15) is 0 Å². The molecule has 0 bridgehead atoms. The minimum Gasteiger partial charge on any atom is -0.295 e. The average Bonchev–Trinajstić information content (AvgIpc) is 2.85. The van der Waals surface area contributed by atoms with Crippen molar-refractivity contribution in [2.45, 2.75) is 24.0 Å². The van der Waals surface area contributed by atoms with Crippen LogP contribution in [0.15, 0.2) is 54.6 Å². The molecular formula is C17H16ClNOS. The van der Waals surface area contributed by atoms with Gasteiger partial charge >= 0.3 is 0 Å². The molecule has 1 fully saturated rings. The van der Waals surface area contributed by atoms with Crippen LogP contribution in [-0.4, -0.2) is 11.2 Å². The van der Waals surface area contributed by atoms with Crippen LogP contribution in [0.4, 0.5) is 5.69 Å². The first-order chi connectivity index (χ1) is 10.2. The van der Waals surface area contributed by atoms with Gasteiger partial charge in [0, 0.05) is 16.3 Å². The molecule has 0 N–H and O–H groups in total. The average molecular weight is 318 g/mol. The standard InChI is InChI=1S/C17H16ClNOS/c1-2-15-16(20)19(12-8-4-3-5-9-12)17(21-15)13-10-6-7-11-14(13)18/h3-11,15,17H,2H2,1H3. The molecule has 0 aromatic heterocycles. The molecule has 1 saturated heterocycles. The second-order valence-electron chi connectivity index (χ2n) is 4.95. The summed E-state index contributed by atoms with van der Waals surface area (Å²) in [5, 5.41) is 0.644. The Morgan fingerprint density at radius 1 is 1.10 bits per heavy atom. The predicted molar refractivity (Wildman–Crippen MR) is 89.8 cm³/mol. The number of amides is 1. The number of benzene rings is 2. The summed E-state index contributed by atoms with van der Waals surface area (Å²) < 4.78 is 0. The lowest BCUT2D eigenvalue weighted by Crippen LogP contribution is -2.30. The Kier molecular flexibility index (Phi) is 4.22. The number of halogens is 1. The zero-order chi connectivity index (χ0) is 14.8. The van der Waals surface area contributed by atoms with Crippen LogP contribution in [0.5, 0.6) is 0 Å². The van der Waals surface area contributed by atoms with Crippen molar-refractivity contribution in [3.05, 3.63) is 65.2 Å². The minimum atomic E-state index is -0.0569. The summed E-state index contributed by atoms with van der Waals surface area (Å²) in [4.78, 5) is 14.6. The van der Waals surface area contributed by atoms with E-state index in [-0.39, 0.29) is 16.5 Å². The maximum Gasteiger partial charge on any atom is 0.241 e. The first kappa shape index (κ1) is 14.5. The fourth-order valence-corrected chi connectivity index (χ4v) is 4.29. The Bertz CT molecular complexity index is 646. The van der Waals surface area contributed by atoms with E-state index < -0.39 is 0 Å². The van der Waals surface area contributed by atoms with E-state index in [0.29, 0.717) is 5.02 Å². The van der Waals surface area contributed by atoms with E-state index in [2.05, 4.69) is 0 Å². The van der Waals surface area contributed by atoms with Crippen molar-refractivity contribution in [2.24, 2.45) is 0 Å². The number of anilines is 1. The third-order valence-corrected chi connectivity index (χ3v) is 5.55. The zero-order valence-electron chi connectivity index (χ0n) is 11.7. The molecule has 3 rings (SSSR count). The maximum absolute atomic E-state index is 12.7. The normalized spacial score (nSPS) is 21.8. The smallest absolute Gasteiger partial charge is 0.241 e. The molecule has 1 amide bonds. The van der Waals surface area contributed by atoms with E-state index in [0.717, 1.165) is 17.7 Å². The lowest BCUT2D eigenvalue weighted by molar-refractivity contribution is -0.117. The van der Waals surface area contributed by atoms with E-state index >= 15 is 0 Å². The fraction of sp³-hybridized carbons (Fsp3) is 0.235. The number of hydrogen-bond acceptors (Lipinski definition) is 2. The highest BCUT2D eigenvalue weighted by atomic mass is 35.5. The van der Waals surface area contributed by atoms with Crippen molar-refractivity contribution in [2.75, 3.05) is 4.90 Å². The van der Waals surface area contributed by atoms with Crippen LogP contribution in [0.25, 0.3) is 0 Å². The molecule has 2 nitrogen and oxygen atoms in total. The largest absolute Gasteiger partial charge is 0.295 e. The lowest BCUT2D eigenvalue weighted by Gasteiger charge is -2.24. The van der Waals surface area contributed by atoms with Crippen molar-refractivity contribution in [1.29, 1.82) is 0 Å². The third-order valence-electron chi connectivity index (χ3n) is 3.62. The molecule has 21 heavy (non-hydrogen) atoms. The molecule has 1 aliphatic rings. The van der Waals surface area contributed by atoms with Gasteiger partial charge in [0.05, 0.1) is 5.25 Å². The van der Waals surface area contributed by atoms with Gasteiger partial charge in [0.2, 0.25) is 5.91 Å². The Balaban J connectivity index is 2.05. The van der Waals surface area contributed by atoms with Crippen LogP contribution >= 0.6 is 23.4 Å². The van der Waals surface area contributed by atoms with Gasteiger partial charge in [0.1, 0.15) is 5.37 Å². The van der Waals surface area contributed by atoms with Gasteiger partial charge in [-0.1, -0.05) is 54.9 Å². The number of thioether (sulfide) groups is 1. The molecule has 108 valence electrons. The maximum atomic E-state index is 12.7. The summed E-state index contributed by atoms with van der Waals surface area (Å²) in [6, 6.07) is 17.6. The molecule has 4 heteroatoms. The van der Waals surface area contributed by atoms with Crippen molar-refractivity contribution in [1.82, 2.24) is 0 Å². The summed E-state index contributed by atoms with van der Waals surface area (Å²) >= 11 is 8.03. The molecule has 0 radical (unpaired) electrons. The van der Waals surface area contributed by atoms with Crippen molar-refractivity contribution >= 4 is 35.0 Å². The monoisotopic (exact) mass is 317 g/mol. The van der Waals surface area contributed by atoms with E-state index in [1.54, 1.807) is 11.8 Å². The quantitative estimate of drug-likeness (QED) is 0.802. The molecule has 1 aliphatic heterocycles. The summed E-state index contributed by atoms with van der Waals surface area (Å²) in [5.74, 6) is 0.165. The minimum absolute atomic E-state index is 0.00789. The highest BCUT2D eigenvalue weighted by Gasteiger charge is 2.41. The molecule has 2 atom stereocenters. The second kappa shape index (κ2) is 6.12. The van der Waals surface area contributed by atoms with Crippen LogP contribution in [0.3, 0.4) is 0 Å². The Hall–Kier alpha value is -1.45. The van der Waals surface area contributed by atoms with Gasteiger partial charge in [-0.3, -0.25) is 9.69 Å². The summed E-state index contributed by atoms with van der Waals surface area (Å²) in [6.07, 6.45) is 0.827. The van der Waals surface area contributed by atoms with Gasteiger partial charge in [0.15, 0.2) is 0 Å². The SMILES string of the molecule is CCC1SC(c2ccccc2Cl)N(c2ccccc2)C1=O. The first-order valence-corrected chi connectivity index (χ1v) is 8.32. The van der Waals surface area contributed by atoms with Gasteiger partial charge in [-0.05, 0) is 24.6 Å². The van der Waals surface area contributed by atoms with E-state index in [1.165, 1.54) is 0 Å². The van der Waals surface area contributed by atoms with Gasteiger partial charge in [0.25, 0.3) is 0 Å². The van der Waals surface area contributed by atoms with E-state index in [9.17, 15) is 4.79 Å². The third kappa shape index (κ3) is 2.68. The molecule has 2 aromatic rings. The van der Waals surface area contributed by atoms with Gasteiger partial charge in [-0.15, -0.1) is 11.8 Å². The topological polar surface area (TPSA) is 20.3 Å². The van der Waals surface area contributed by atoms with Crippen LogP contribution in [0.2, 0.25) is 5.02 Å². The Labute approximate surface area is 134 Å². The van der Waals surface area contributed by atoms with E-state index in [4.69, 9.17) is 11.6 Å². The first-order valence-electron chi connectivity index (χ1n) is 7.00. The number of carbonyl (C=O) groups is 1. The molecule has 0 saturated carbocycles. The molecule has 2 unspecified atom stereocenters. The molecule has 1 heterocycles. The second-order valence-corrected chi connectivity index (χ2v) is 6.65. The zero-order valence-corrected chi connectivity index (χ0v) is 13.3. The highest BCUT2D eigenvalue weighted by Crippen LogP contribution is 2.48. The van der Waals surface area contributed by atoms with Gasteiger partial charge < -0.3 is 0 Å². The van der Waals surface area contributed by atoms with Crippen LogP contribution in [0.1, 0.15) is 24.3 Å². The predicted octanol–water partition coefficient (Wildman–Crippen LogP) is 4.90. The molecule has 0 aliphatic carbocycles. The Morgan fingerprint density at radius 3 is 2.43 bits per heavy atom. The van der Waals surface area contributed by atoms with Crippen LogP contribution in [0, 0.1) is 0 Å². The number of rotatable bonds is 3. The van der Waals surface area contributed by atoms with Crippen molar-refractivity contribution < 1.29 is 4.79 Å². The number of para-hydroxylation sites is 1. The molecular weight excluding hydrogens is 302 g/mol. The molecule has 0 spiro atoms. The van der Waals surface area contributed by atoms with Gasteiger partial charge in [-0.25, -0.2) is 0 Å².